The van der Waals surface area contributed by atoms with E-state index in [0.29, 0.717) is 12.1 Å². The van der Waals surface area contributed by atoms with E-state index >= 15 is 0 Å². The van der Waals surface area contributed by atoms with Crippen molar-refractivity contribution in [1.29, 1.82) is 0 Å². The standard InChI is InChI=1S/C18H16BrNO3/c1-22-18(21)14-4-5-15(16(19)9-14)11-20-10-12-2-3-13-6-7-23-17(13)8-12/h2-9,20H,10-11H2,1H3. The van der Waals surface area contributed by atoms with Crippen LogP contribution in [0.4, 0.5) is 0 Å². The first kappa shape index (κ1) is 15.8. The predicted molar refractivity (Wildman–Crippen MR) is 92.2 cm³/mol. The van der Waals surface area contributed by atoms with Gasteiger partial charge < -0.3 is 14.5 Å². The van der Waals surface area contributed by atoms with Crippen LogP contribution in [0, 0.1) is 0 Å². The van der Waals surface area contributed by atoms with E-state index < -0.39 is 0 Å². The Labute approximate surface area is 142 Å². The highest BCUT2D eigenvalue weighted by molar-refractivity contribution is 9.10. The summed E-state index contributed by atoms with van der Waals surface area (Å²) in [7, 11) is 1.38. The maximum Gasteiger partial charge on any atom is 0.337 e. The molecule has 0 aliphatic heterocycles. The Balaban J connectivity index is 1.62. The third kappa shape index (κ3) is 3.63. The van der Waals surface area contributed by atoms with Gasteiger partial charge in [-0.25, -0.2) is 4.79 Å². The SMILES string of the molecule is COC(=O)c1ccc(CNCc2ccc3ccoc3c2)c(Br)c1. The van der Waals surface area contributed by atoms with Crippen LogP contribution in [-0.2, 0) is 17.8 Å². The zero-order chi connectivity index (χ0) is 16.2. The van der Waals surface area contributed by atoms with Crippen molar-refractivity contribution in [2.24, 2.45) is 0 Å². The van der Waals surface area contributed by atoms with Crippen LogP contribution in [0.5, 0.6) is 0 Å². The van der Waals surface area contributed by atoms with Gasteiger partial charge in [0.2, 0.25) is 0 Å². The van der Waals surface area contributed by atoms with Crippen molar-refractivity contribution in [3.63, 3.8) is 0 Å². The van der Waals surface area contributed by atoms with Gasteiger partial charge in [-0.15, -0.1) is 0 Å². The molecule has 2 aromatic carbocycles. The lowest BCUT2D eigenvalue weighted by Gasteiger charge is -2.08. The van der Waals surface area contributed by atoms with E-state index in [1.54, 1.807) is 18.4 Å². The monoisotopic (exact) mass is 373 g/mol. The van der Waals surface area contributed by atoms with Gasteiger partial charge in [0, 0.05) is 22.9 Å². The molecule has 0 radical (unpaired) electrons. The fraction of sp³-hybridized carbons (Fsp3) is 0.167. The maximum atomic E-state index is 11.5. The van der Waals surface area contributed by atoms with Gasteiger partial charge in [0.05, 0.1) is 18.9 Å². The topological polar surface area (TPSA) is 51.5 Å². The van der Waals surface area contributed by atoms with Crippen LogP contribution in [-0.4, -0.2) is 13.1 Å². The number of hydrogen-bond donors (Lipinski definition) is 1. The predicted octanol–water partition coefficient (Wildman–Crippen LogP) is 4.27. The molecule has 3 rings (SSSR count). The van der Waals surface area contributed by atoms with Gasteiger partial charge in [-0.1, -0.05) is 34.1 Å². The highest BCUT2D eigenvalue weighted by Gasteiger charge is 2.08. The molecule has 1 heterocycles. The molecule has 0 aliphatic rings. The van der Waals surface area contributed by atoms with Crippen LogP contribution in [0.3, 0.4) is 0 Å². The van der Waals surface area contributed by atoms with Crippen LogP contribution in [0.15, 0.2) is 57.6 Å². The van der Waals surface area contributed by atoms with Gasteiger partial charge in [0.1, 0.15) is 5.58 Å². The van der Waals surface area contributed by atoms with E-state index in [1.807, 2.05) is 18.2 Å². The van der Waals surface area contributed by atoms with Crippen molar-refractivity contribution in [2.45, 2.75) is 13.1 Å². The van der Waals surface area contributed by atoms with Crippen LogP contribution in [0.1, 0.15) is 21.5 Å². The quantitative estimate of drug-likeness (QED) is 0.678. The normalized spacial score (nSPS) is 10.9. The van der Waals surface area contributed by atoms with Crippen LogP contribution < -0.4 is 5.32 Å². The molecular formula is C18H16BrNO3. The average molecular weight is 374 g/mol. The second kappa shape index (κ2) is 6.98. The largest absolute Gasteiger partial charge is 0.465 e. The van der Waals surface area contributed by atoms with Crippen molar-refractivity contribution in [1.82, 2.24) is 5.32 Å². The summed E-state index contributed by atoms with van der Waals surface area (Å²) >= 11 is 3.50. The molecule has 23 heavy (non-hydrogen) atoms. The van der Waals surface area contributed by atoms with E-state index in [4.69, 9.17) is 9.15 Å². The molecule has 0 unspecified atom stereocenters. The smallest absolute Gasteiger partial charge is 0.337 e. The summed E-state index contributed by atoms with van der Waals surface area (Å²) in [6.07, 6.45) is 1.70. The third-order valence-electron chi connectivity index (χ3n) is 3.64. The van der Waals surface area contributed by atoms with Crippen LogP contribution in [0.25, 0.3) is 11.0 Å². The fourth-order valence-corrected chi connectivity index (χ4v) is 2.91. The van der Waals surface area contributed by atoms with E-state index in [9.17, 15) is 4.79 Å². The molecule has 0 spiro atoms. The minimum atomic E-state index is -0.336. The molecule has 0 saturated carbocycles. The molecule has 3 aromatic rings. The summed E-state index contributed by atoms with van der Waals surface area (Å²) in [5, 5.41) is 4.50. The van der Waals surface area contributed by atoms with Gasteiger partial charge in [-0.05, 0) is 35.4 Å². The van der Waals surface area contributed by atoms with E-state index in [-0.39, 0.29) is 5.97 Å². The van der Waals surface area contributed by atoms with Crippen molar-refractivity contribution < 1.29 is 13.9 Å². The fourth-order valence-electron chi connectivity index (χ4n) is 2.39. The lowest BCUT2D eigenvalue weighted by molar-refractivity contribution is 0.0600. The Morgan fingerprint density at radius 2 is 2.04 bits per heavy atom. The number of esters is 1. The number of benzene rings is 2. The van der Waals surface area contributed by atoms with E-state index in [0.717, 1.165) is 33.1 Å². The number of ether oxygens (including phenoxy) is 1. The molecular weight excluding hydrogens is 358 g/mol. The van der Waals surface area contributed by atoms with Crippen molar-refractivity contribution in [2.75, 3.05) is 7.11 Å². The Morgan fingerprint density at radius 3 is 2.83 bits per heavy atom. The van der Waals surface area contributed by atoms with Crippen LogP contribution in [0.2, 0.25) is 0 Å². The molecule has 0 amide bonds. The molecule has 1 aromatic heterocycles. The van der Waals surface area contributed by atoms with Gasteiger partial charge in [-0.3, -0.25) is 0 Å². The molecule has 0 aliphatic carbocycles. The summed E-state index contributed by atoms with van der Waals surface area (Å²) in [5.41, 5.74) is 3.67. The first-order valence-electron chi connectivity index (χ1n) is 7.21. The number of hydrogen-bond acceptors (Lipinski definition) is 4. The Morgan fingerprint density at radius 1 is 1.17 bits per heavy atom. The molecule has 0 bridgehead atoms. The molecule has 0 saturated heterocycles. The zero-order valence-electron chi connectivity index (χ0n) is 12.6. The molecule has 118 valence electrons. The Kier molecular flexibility index (Phi) is 4.79. The number of methoxy groups -OCH3 is 1. The lowest BCUT2D eigenvalue weighted by Crippen LogP contribution is -2.13. The molecule has 4 nitrogen and oxygen atoms in total. The first-order valence-corrected chi connectivity index (χ1v) is 8.00. The number of halogens is 1. The minimum Gasteiger partial charge on any atom is -0.465 e. The molecule has 0 atom stereocenters. The summed E-state index contributed by atoms with van der Waals surface area (Å²) < 4.78 is 11.0. The summed E-state index contributed by atoms with van der Waals surface area (Å²) in [5.74, 6) is -0.336. The number of fused-ring (bicyclic) bond motifs is 1. The molecule has 0 fully saturated rings. The highest BCUT2D eigenvalue weighted by atomic mass is 79.9. The number of carbonyl (C=O) groups excluding carboxylic acids is 1. The van der Waals surface area contributed by atoms with Gasteiger partial charge in [0.25, 0.3) is 0 Å². The summed E-state index contributed by atoms with van der Waals surface area (Å²) in [6.45, 7) is 1.43. The maximum absolute atomic E-state index is 11.5. The Hall–Kier alpha value is -2.11. The van der Waals surface area contributed by atoms with Crippen molar-refractivity contribution >= 4 is 32.9 Å². The summed E-state index contributed by atoms with van der Waals surface area (Å²) in [6, 6.07) is 13.6. The van der Waals surface area contributed by atoms with Gasteiger partial charge >= 0.3 is 5.97 Å². The zero-order valence-corrected chi connectivity index (χ0v) is 14.2. The second-order valence-corrected chi connectivity index (χ2v) is 6.05. The molecule has 5 heteroatoms. The van der Waals surface area contributed by atoms with Gasteiger partial charge in [0.15, 0.2) is 0 Å². The van der Waals surface area contributed by atoms with E-state index in [2.05, 4.69) is 33.4 Å². The van der Waals surface area contributed by atoms with E-state index in [1.165, 1.54) is 7.11 Å². The third-order valence-corrected chi connectivity index (χ3v) is 4.38. The van der Waals surface area contributed by atoms with Gasteiger partial charge in [-0.2, -0.15) is 0 Å². The number of nitrogens with one attached hydrogen (secondary N) is 1. The van der Waals surface area contributed by atoms with Crippen molar-refractivity contribution in [3.05, 3.63) is 69.9 Å². The number of carbonyl (C=O) groups is 1. The lowest BCUT2D eigenvalue weighted by atomic mass is 10.1. The second-order valence-electron chi connectivity index (χ2n) is 5.19. The first-order chi connectivity index (χ1) is 11.2. The highest BCUT2D eigenvalue weighted by Crippen LogP contribution is 2.20. The molecule has 1 N–H and O–H groups in total. The van der Waals surface area contributed by atoms with Crippen LogP contribution >= 0.6 is 15.9 Å². The Bertz CT molecular complexity index is 841. The minimum absolute atomic E-state index is 0.336. The summed E-state index contributed by atoms with van der Waals surface area (Å²) in [4.78, 5) is 11.5. The number of rotatable bonds is 5. The number of furan rings is 1. The van der Waals surface area contributed by atoms with Crippen molar-refractivity contribution in [3.8, 4) is 0 Å². The average Bonchev–Trinajstić information content (AvgIpc) is 3.03.